The highest BCUT2D eigenvalue weighted by Gasteiger charge is 2.39. The van der Waals surface area contributed by atoms with Gasteiger partial charge in [-0.15, -0.1) is 0 Å². The molecule has 298 valence electrons. The van der Waals surface area contributed by atoms with Gasteiger partial charge in [0.2, 0.25) is 0 Å². The van der Waals surface area contributed by atoms with E-state index in [1.54, 1.807) is 48.5 Å². The Labute approximate surface area is 328 Å². The Kier molecular flexibility index (Phi) is 10.4. The van der Waals surface area contributed by atoms with Crippen LogP contribution in [0.2, 0.25) is 0 Å². The maximum absolute atomic E-state index is 14.0. The quantitative estimate of drug-likeness (QED) is 0.0497. The van der Waals surface area contributed by atoms with Crippen LogP contribution in [0.3, 0.4) is 0 Å². The molecule has 2 amide bonds. The van der Waals surface area contributed by atoms with Gasteiger partial charge in [0.25, 0.3) is 11.8 Å². The fourth-order valence-corrected chi connectivity index (χ4v) is 8.74. The average Bonchev–Trinajstić information content (AvgIpc) is 3.74. The fourth-order valence-electron chi connectivity index (χ4n) is 7.07. The number of phosphoric ester groups is 2. The Hall–Kier alpha value is -5.58. The van der Waals surface area contributed by atoms with E-state index < -0.39 is 58.5 Å². The molecule has 0 aliphatic carbocycles. The van der Waals surface area contributed by atoms with Gasteiger partial charge in [0, 0.05) is 32.6 Å². The summed E-state index contributed by atoms with van der Waals surface area (Å²) < 4.78 is 40.8. The number of hydrogen-bond acceptors (Lipinski definition) is 10. The van der Waals surface area contributed by atoms with Gasteiger partial charge in [0.15, 0.2) is 6.29 Å². The number of nitrogens with one attached hydrogen (secondary N) is 4. The van der Waals surface area contributed by atoms with E-state index in [1.165, 1.54) is 13.8 Å². The number of aromatic amines is 2. The molecule has 19 heteroatoms. The molecule has 4 aromatic heterocycles. The fraction of sp³-hybridized carbons (Fsp3) is 0.179. The van der Waals surface area contributed by atoms with E-state index in [0.717, 1.165) is 16.3 Å². The summed E-state index contributed by atoms with van der Waals surface area (Å²) in [4.78, 5) is 74.4. The van der Waals surface area contributed by atoms with Crippen molar-refractivity contribution in [3.05, 3.63) is 108 Å². The molecule has 4 heterocycles. The van der Waals surface area contributed by atoms with Crippen molar-refractivity contribution < 1.29 is 52.1 Å². The SMILES string of the molecule is CC(NC(=O)c1c2ccccc2nc2c1[nH]c1ccccc12)C(OP(=O)(O)O)OP(=O)(O)OC(C)C(CO)NC(=O)c1c2ccccc2nc2c1[nH]c1ccccc12. The van der Waals surface area contributed by atoms with Crippen LogP contribution in [0, 0.1) is 0 Å². The molecule has 8 aromatic rings. The molecular formula is C39H36N6O11P2. The lowest BCUT2D eigenvalue weighted by Gasteiger charge is -2.29. The van der Waals surface area contributed by atoms with E-state index in [9.17, 15) is 38.5 Å². The lowest BCUT2D eigenvalue weighted by molar-refractivity contribution is -0.0622. The summed E-state index contributed by atoms with van der Waals surface area (Å²) in [6, 6.07) is 25.8. The van der Waals surface area contributed by atoms with Gasteiger partial charge in [-0.05, 0) is 38.1 Å². The van der Waals surface area contributed by atoms with Crippen molar-refractivity contribution in [3.8, 4) is 0 Å². The van der Waals surface area contributed by atoms with Crippen LogP contribution in [0.25, 0.3) is 65.7 Å². The molecule has 0 aliphatic heterocycles. The van der Waals surface area contributed by atoms with Crippen LogP contribution in [-0.4, -0.2) is 82.6 Å². The molecule has 17 nitrogen and oxygen atoms in total. The van der Waals surface area contributed by atoms with Crippen molar-refractivity contribution in [2.75, 3.05) is 6.61 Å². The van der Waals surface area contributed by atoms with Gasteiger partial charge in [-0.1, -0.05) is 72.8 Å². The Morgan fingerprint density at radius 1 is 0.655 bits per heavy atom. The molecular weight excluding hydrogens is 790 g/mol. The first-order chi connectivity index (χ1) is 27.7. The zero-order valence-electron chi connectivity index (χ0n) is 30.7. The molecule has 0 spiro atoms. The molecule has 58 heavy (non-hydrogen) atoms. The summed E-state index contributed by atoms with van der Waals surface area (Å²) in [7, 11) is -10.8. The van der Waals surface area contributed by atoms with Gasteiger partial charge < -0.3 is 40.4 Å². The van der Waals surface area contributed by atoms with Gasteiger partial charge in [-0.25, -0.2) is 19.1 Å². The van der Waals surface area contributed by atoms with Gasteiger partial charge in [0.05, 0.1) is 69.0 Å². The number of carbonyl (C=O) groups excluding carboxylic acids is 2. The van der Waals surface area contributed by atoms with Crippen LogP contribution < -0.4 is 10.6 Å². The molecule has 0 fully saturated rings. The number of aliphatic hydroxyl groups excluding tert-OH is 1. The number of rotatable bonds is 13. The number of fused-ring (bicyclic) bond motifs is 8. The van der Waals surface area contributed by atoms with Gasteiger partial charge in [-0.3, -0.25) is 23.2 Å². The smallest absolute Gasteiger partial charge is 0.394 e. The van der Waals surface area contributed by atoms with Crippen LogP contribution in [0.1, 0.15) is 34.6 Å². The normalized spacial score (nSPS) is 15.5. The minimum Gasteiger partial charge on any atom is -0.394 e. The van der Waals surface area contributed by atoms with Crippen LogP contribution in [0.4, 0.5) is 0 Å². The molecule has 0 radical (unpaired) electrons. The van der Waals surface area contributed by atoms with Crippen molar-refractivity contribution in [2.24, 2.45) is 0 Å². The number of aliphatic hydroxyl groups is 1. The topological polar surface area (TPSA) is 258 Å². The van der Waals surface area contributed by atoms with Crippen molar-refractivity contribution >= 4 is 93.1 Å². The molecule has 5 atom stereocenters. The van der Waals surface area contributed by atoms with Crippen molar-refractivity contribution in [2.45, 2.75) is 38.3 Å². The number of carbonyl (C=O) groups is 2. The van der Waals surface area contributed by atoms with Gasteiger partial charge in [0.1, 0.15) is 0 Å². The van der Waals surface area contributed by atoms with Gasteiger partial charge >= 0.3 is 15.6 Å². The minimum absolute atomic E-state index is 0.142. The first-order valence-corrected chi connectivity index (χ1v) is 21.0. The third-order valence-electron chi connectivity index (χ3n) is 9.75. The Morgan fingerprint density at radius 3 is 1.59 bits per heavy atom. The molecule has 8 N–H and O–H groups in total. The van der Waals surface area contributed by atoms with Crippen molar-refractivity contribution in [1.82, 2.24) is 30.6 Å². The van der Waals surface area contributed by atoms with Crippen LogP contribution in [0.5, 0.6) is 0 Å². The highest BCUT2D eigenvalue weighted by molar-refractivity contribution is 7.47. The van der Waals surface area contributed by atoms with E-state index in [-0.39, 0.29) is 11.1 Å². The first-order valence-electron chi connectivity index (χ1n) is 18.0. The summed E-state index contributed by atoms with van der Waals surface area (Å²) in [6.07, 6.45) is -3.69. The lowest BCUT2D eigenvalue weighted by Crippen LogP contribution is -2.46. The lowest BCUT2D eigenvalue weighted by atomic mass is 10.0. The van der Waals surface area contributed by atoms with E-state index in [4.69, 9.17) is 23.5 Å². The van der Waals surface area contributed by atoms with Gasteiger partial charge in [-0.2, -0.15) is 0 Å². The summed E-state index contributed by atoms with van der Waals surface area (Å²) in [6.45, 7) is 1.76. The predicted molar refractivity (Wildman–Crippen MR) is 216 cm³/mol. The number of pyridine rings is 2. The maximum atomic E-state index is 14.0. The molecule has 0 bridgehead atoms. The highest BCUT2D eigenvalue weighted by atomic mass is 31.2. The third-order valence-corrected chi connectivity index (χ3v) is 11.3. The average molecular weight is 827 g/mol. The third kappa shape index (κ3) is 7.58. The van der Waals surface area contributed by atoms with E-state index in [1.807, 2.05) is 48.5 Å². The summed E-state index contributed by atoms with van der Waals surface area (Å²) >= 11 is 0. The maximum Gasteiger partial charge on any atom is 0.474 e. The van der Waals surface area contributed by atoms with Crippen molar-refractivity contribution in [1.29, 1.82) is 0 Å². The Balaban J connectivity index is 1.03. The molecule has 4 aromatic carbocycles. The largest absolute Gasteiger partial charge is 0.474 e. The number of H-pyrrole nitrogens is 2. The number of para-hydroxylation sites is 4. The minimum atomic E-state index is -5.42. The zero-order chi connectivity index (χ0) is 40.9. The number of hydrogen-bond donors (Lipinski definition) is 8. The zero-order valence-corrected chi connectivity index (χ0v) is 32.5. The van der Waals surface area contributed by atoms with Crippen molar-refractivity contribution in [3.63, 3.8) is 0 Å². The molecule has 0 saturated heterocycles. The molecule has 0 saturated carbocycles. The summed E-state index contributed by atoms with van der Waals surface area (Å²) in [5.74, 6) is -1.41. The Bertz CT molecular complexity index is 3000. The number of benzene rings is 4. The summed E-state index contributed by atoms with van der Waals surface area (Å²) in [5.41, 5.74) is 4.67. The second-order valence-corrected chi connectivity index (χ2v) is 16.2. The highest BCUT2D eigenvalue weighted by Crippen LogP contribution is 2.50. The molecule has 8 rings (SSSR count). The van der Waals surface area contributed by atoms with E-state index in [2.05, 4.69) is 20.6 Å². The number of amides is 2. The first kappa shape index (κ1) is 39.3. The number of aromatic nitrogens is 4. The van der Waals surface area contributed by atoms with E-state index >= 15 is 0 Å². The van der Waals surface area contributed by atoms with Crippen LogP contribution in [-0.2, 0) is 22.7 Å². The summed E-state index contributed by atoms with van der Waals surface area (Å²) in [5, 5.41) is 18.1. The van der Waals surface area contributed by atoms with Crippen LogP contribution >= 0.6 is 15.6 Å². The second kappa shape index (κ2) is 15.3. The second-order valence-electron chi connectivity index (χ2n) is 13.7. The van der Waals surface area contributed by atoms with Crippen LogP contribution in [0.15, 0.2) is 97.1 Å². The van der Waals surface area contributed by atoms with E-state index in [0.29, 0.717) is 49.4 Å². The predicted octanol–water partition coefficient (Wildman–Crippen LogP) is 5.92. The Morgan fingerprint density at radius 2 is 1.10 bits per heavy atom. The number of phosphoric acid groups is 2. The standard InChI is InChI=1S/C39H36N6O11P2/c1-20(40-37(47)31-22-11-3-7-15-26(22)41-33-24-13-5-9-17-28(24)43-35(31)33)39(55-57(49,50)51)56-58(52,53)54-21(2)30(19-46)45-38(48)32-23-12-4-8-16-27(23)42-34-25-14-6-10-18-29(25)44-36(32)34/h3-18,20-21,30,39,43-44,46H,19H2,1-2H3,(H,40,47)(H,45,48)(H,52,53)(H2,49,50,51). The molecule has 0 aliphatic rings. The number of nitrogens with zero attached hydrogens (tertiary/aromatic N) is 2. The monoisotopic (exact) mass is 826 g/mol. The molecule has 5 unspecified atom stereocenters.